The first-order valence-electron chi connectivity index (χ1n) is 14.8. The molecule has 0 amide bonds. The highest BCUT2D eigenvalue weighted by atomic mass is 32.2. The smallest absolute Gasteiger partial charge is 0.186 e. The summed E-state index contributed by atoms with van der Waals surface area (Å²) in [6.07, 6.45) is 11.1. The first kappa shape index (κ1) is 31.5. The largest absolute Gasteiger partial charge is 0.344 e. The van der Waals surface area contributed by atoms with Gasteiger partial charge in [0.1, 0.15) is 5.78 Å². The molecule has 1 aliphatic carbocycles. The summed E-state index contributed by atoms with van der Waals surface area (Å²) in [5.41, 5.74) is 8.23. The molecule has 1 atom stereocenters. The topological polar surface area (TPSA) is 57.6 Å². The van der Waals surface area contributed by atoms with E-state index in [-0.39, 0.29) is 16.7 Å². The molecule has 220 valence electrons. The van der Waals surface area contributed by atoms with Crippen molar-refractivity contribution in [3.63, 3.8) is 0 Å². The predicted octanol–water partition coefficient (Wildman–Crippen LogP) is 9.03. The first-order valence-corrected chi connectivity index (χ1v) is 16.4. The monoisotopic (exact) mass is 591 g/mol. The van der Waals surface area contributed by atoms with Gasteiger partial charge in [-0.15, -0.1) is 12.6 Å². The van der Waals surface area contributed by atoms with Crippen molar-refractivity contribution in [1.29, 1.82) is 0 Å². The number of Topliss-reactive ketones (excluding diaryl/α,β-unsaturated/α-hetero) is 1. The highest BCUT2D eigenvalue weighted by Gasteiger charge is 2.40. The van der Waals surface area contributed by atoms with Crippen LogP contribution in [0.25, 0.3) is 5.57 Å². The van der Waals surface area contributed by atoms with Crippen molar-refractivity contribution in [2.45, 2.75) is 101 Å². The van der Waals surface area contributed by atoms with Gasteiger partial charge in [0.05, 0.1) is 4.90 Å². The molecule has 0 fully saturated rings. The van der Waals surface area contributed by atoms with Gasteiger partial charge in [-0.05, 0) is 83.5 Å². The van der Waals surface area contributed by atoms with E-state index in [0.717, 1.165) is 48.4 Å². The van der Waals surface area contributed by atoms with Gasteiger partial charge >= 0.3 is 0 Å². The number of ketones is 1. The van der Waals surface area contributed by atoms with Crippen LogP contribution in [0, 0.1) is 5.92 Å². The number of anilines is 1. The lowest BCUT2D eigenvalue weighted by Crippen LogP contribution is -2.27. The van der Waals surface area contributed by atoms with Gasteiger partial charge in [0, 0.05) is 46.0 Å². The molecular weight excluding hydrogens is 547 g/mol. The van der Waals surface area contributed by atoms with Gasteiger partial charge in [-0.3, -0.25) is 4.79 Å². The summed E-state index contributed by atoms with van der Waals surface area (Å²) in [4.78, 5) is 15.8. The highest BCUT2D eigenvalue weighted by molar-refractivity contribution is 7.80. The van der Waals surface area contributed by atoms with Gasteiger partial charge < -0.3 is 9.45 Å². The van der Waals surface area contributed by atoms with Crippen molar-refractivity contribution in [3.05, 3.63) is 82.6 Å². The Morgan fingerprint density at radius 1 is 1.02 bits per heavy atom. The molecule has 0 saturated carbocycles. The molecule has 2 aromatic rings. The normalized spacial score (nSPS) is 19.0. The van der Waals surface area contributed by atoms with Crippen LogP contribution in [0.4, 0.5) is 5.69 Å². The summed E-state index contributed by atoms with van der Waals surface area (Å²) < 4.78 is 21.7. The second kappa shape index (κ2) is 12.4. The van der Waals surface area contributed by atoms with Crippen molar-refractivity contribution in [2.75, 3.05) is 11.4 Å². The Labute approximate surface area is 254 Å². The van der Waals surface area contributed by atoms with Crippen molar-refractivity contribution < 1.29 is 13.6 Å². The number of allylic oxidation sites excluding steroid dienone is 6. The van der Waals surface area contributed by atoms with E-state index in [4.69, 9.17) is 0 Å². The first-order chi connectivity index (χ1) is 19.3. The predicted molar refractivity (Wildman–Crippen MR) is 175 cm³/mol. The highest BCUT2D eigenvalue weighted by Crippen LogP contribution is 2.50. The van der Waals surface area contributed by atoms with Crippen LogP contribution in [0.2, 0.25) is 0 Å². The van der Waals surface area contributed by atoms with E-state index in [0.29, 0.717) is 17.1 Å². The fourth-order valence-electron chi connectivity index (χ4n) is 6.44. The number of carbonyl (C=O) groups excluding carboxylic acids is 1. The molecule has 0 spiro atoms. The average molecular weight is 592 g/mol. The molecule has 4 nitrogen and oxygen atoms in total. The maximum absolute atomic E-state index is 12.1. The number of unbranched alkanes of at least 4 members (excludes halogenated alkanes) is 2. The second-order valence-electron chi connectivity index (χ2n) is 12.6. The van der Waals surface area contributed by atoms with E-state index in [9.17, 15) is 13.6 Å². The third-order valence-electron chi connectivity index (χ3n) is 8.88. The minimum atomic E-state index is -2.03. The minimum absolute atomic E-state index is 0.0924. The molecule has 41 heavy (non-hydrogen) atoms. The van der Waals surface area contributed by atoms with Gasteiger partial charge in [0.15, 0.2) is 11.1 Å². The Bertz CT molecular complexity index is 1450. The van der Waals surface area contributed by atoms with Crippen LogP contribution in [0.15, 0.2) is 75.7 Å². The Kier molecular flexibility index (Phi) is 9.57. The van der Waals surface area contributed by atoms with E-state index < -0.39 is 11.1 Å². The van der Waals surface area contributed by atoms with Crippen LogP contribution in [0.3, 0.4) is 0 Å². The van der Waals surface area contributed by atoms with Crippen molar-refractivity contribution in [3.8, 4) is 0 Å². The van der Waals surface area contributed by atoms with E-state index in [2.05, 4.69) is 88.6 Å². The number of thiol groups is 1. The Hall–Kier alpha value is -2.41. The summed E-state index contributed by atoms with van der Waals surface area (Å²) in [5, 5.41) is 0. The van der Waals surface area contributed by atoms with Crippen LogP contribution in [-0.4, -0.2) is 21.1 Å². The lowest BCUT2D eigenvalue weighted by Gasteiger charge is -2.27. The van der Waals surface area contributed by atoms with Crippen LogP contribution in [-0.2, 0) is 26.7 Å². The number of carbonyl (C=O) groups is 1. The fraction of sp³-hybridized carbons (Fsp3) is 0.457. The van der Waals surface area contributed by atoms with Gasteiger partial charge in [0.25, 0.3) is 0 Å². The summed E-state index contributed by atoms with van der Waals surface area (Å²) >= 11 is 2.58. The number of hydrogen-bond donors (Lipinski definition) is 2. The number of benzene rings is 2. The van der Waals surface area contributed by atoms with E-state index in [1.807, 2.05) is 26.0 Å². The molecule has 0 aromatic heterocycles. The molecule has 2 aliphatic rings. The van der Waals surface area contributed by atoms with Gasteiger partial charge in [-0.2, -0.15) is 0 Å². The maximum Gasteiger partial charge on any atom is 0.186 e. The van der Waals surface area contributed by atoms with Crippen molar-refractivity contribution in [1.82, 2.24) is 0 Å². The standard InChI is InChI=1S/C35H45NO3S2/c1-8-26-27-18-16-24(40)21-29(27)34(4,5)28(26)13-12-15-33-35(6,7)30-22-25(41(38)39)17-19-31(30)36(33)20-11-9-10-14-32(37)23(2)3/h12-13,15-19,21-23,40H,8-11,14,20H2,1-7H3,(H,38,39)/b13-12+,33-15+. The zero-order chi connectivity index (χ0) is 30.1. The van der Waals surface area contributed by atoms with Gasteiger partial charge in [-0.1, -0.05) is 73.1 Å². The number of fused-ring (bicyclic) bond motifs is 2. The van der Waals surface area contributed by atoms with Crippen LogP contribution in [0.5, 0.6) is 0 Å². The molecule has 2 aromatic carbocycles. The van der Waals surface area contributed by atoms with Crippen molar-refractivity contribution >= 4 is 40.8 Å². The van der Waals surface area contributed by atoms with Crippen LogP contribution >= 0.6 is 12.6 Å². The lowest BCUT2D eigenvalue weighted by molar-refractivity contribution is -0.122. The maximum atomic E-state index is 12.1. The molecule has 6 heteroatoms. The van der Waals surface area contributed by atoms with Gasteiger partial charge in [0.2, 0.25) is 0 Å². The molecular formula is C35H45NO3S2. The van der Waals surface area contributed by atoms with Crippen LogP contribution < -0.4 is 4.90 Å². The molecule has 1 heterocycles. The summed E-state index contributed by atoms with van der Waals surface area (Å²) in [6.45, 7) is 15.9. The van der Waals surface area contributed by atoms with Crippen LogP contribution in [0.1, 0.15) is 97.3 Å². The third kappa shape index (κ3) is 6.21. The Morgan fingerprint density at radius 3 is 2.41 bits per heavy atom. The number of nitrogens with zero attached hydrogens (tertiary/aromatic N) is 1. The summed E-state index contributed by atoms with van der Waals surface area (Å²) in [6, 6.07) is 12.1. The zero-order valence-corrected chi connectivity index (χ0v) is 27.3. The molecule has 0 bridgehead atoms. The zero-order valence-electron chi connectivity index (χ0n) is 25.6. The molecule has 0 saturated heterocycles. The SMILES string of the molecule is CCC1=C(/C=C/C=C2/N(CCCCCC(=O)C(C)C)c3ccc(S(=O)O)cc3C2(C)C)C(C)(C)c2cc(S)ccc21. The summed E-state index contributed by atoms with van der Waals surface area (Å²) in [5.74, 6) is 0.422. The fourth-order valence-corrected chi connectivity index (χ4v) is 7.05. The molecule has 1 aliphatic heterocycles. The third-order valence-corrected chi connectivity index (χ3v) is 9.82. The molecule has 1 N–H and O–H groups in total. The van der Waals surface area contributed by atoms with E-state index in [1.165, 1.54) is 28.0 Å². The number of rotatable bonds is 11. The molecule has 4 rings (SSSR count). The quantitative estimate of drug-likeness (QED) is 0.156. The average Bonchev–Trinajstić information content (AvgIpc) is 3.26. The Balaban J connectivity index is 1.65. The minimum Gasteiger partial charge on any atom is -0.344 e. The van der Waals surface area contributed by atoms with Crippen molar-refractivity contribution in [2.24, 2.45) is 5.92 Å². The Morgan fingerprint density at radius 2 is 1.76 bits per heavy atom. The second-order valence-corrected chi connectivity index (χ2v) is 14.1. The van der Waals surface area contributed by atoms with E-state index in [1.54, 1.807) is 6.07 Å². The molecule has 1 unspecified atom stereocenters. The number of hydrogen-bond acceptors (Lipinski definition) is 4. The van der Waals surface area contributed by atoms with E-state index >= 15 is 0 Å². The lowest BCUT2D eigenvalue weighted by atomic mass is 9.80. The summed E-state index contributed by atoms with van der Waals surface area (Å²) in [7, 11) is 0. The van der Waals surface area contributed by atoms with Gasteiger partial charge in [-0.25, -0.2) is 4.21 Å². The molecule has 0 radical (unpaired) electrons.